The molecule has 0 fully saturated rings. The summed E-state index contributed by atoms with van der Waals surface area (Å²) in [6.07, 6.45) is 0. The van der Waals surface area contributed by atoms with Gasteiger partial charge >= 0.3 is 0 Å². The molecule has 0 unspecified atom stereocenters. The van der Waals surface area contributed by atoms with Gasteiger partial charge in [-0.3, -0.25) is 14.9 Å². The average Bonchev–Trinajstić information content (AvgIpc) is 3.19. The van der Waals surface area contributed by atoms with E-state index < -0.39 is 4.92 Å². The van der Waals surface area contributed by atoms with Crippen molar-refractivity contribution in [2.24, 2.45) is 0 Å². The summed E-state index contributed by atoms with van der Waals surface area (Å²) in [6.45, 7) is 4.59. The third-order valence-corrected chi connectivity index (χ3v) is 4.89. The lowest BCUT2D eigenvalue weighted by Gasteiger charge is -2.09. The highest BCUT2D eigenvalue weighted by molar-refractivity contribution is 7.09. The Labute approximate surface area is 148 Å². The number of anilines is 1. The molecule has 0 aliphatic heterocycles. The van der Waals surface area contributed by atoms with Gasteiger partial charge in [0, 0.05) is 34.1 Å². The lowest BCUT2D eigenvalue weighted by atomic mass is 10.2. The zero-order chi connectivity index (χ0) is 18.0. The first kappa shape index (κ1) is 16.9. The normalized spacial score (nSPS) is 10.6. The molecule has 0 atom stereocenters. The van der Waals surface area contributed by atoms with Crippen molar-refractivity contribution in [2.45, 2.75) is 20.4 Å². The van der Waals surface area contributed by atoms with E-state index in [2.05, 4.69) is 16.0 Å². The van der Waals surface area contributed by atoms with Gasteiger partial charge in [-0.1, -0.05) is 12.1 Å². The van der Waals surface area contributed by atoms with Crippen molar-refractivity contribution in [1.82, 2.24) is 4.57 Å². The molecule has 1 amide bonds. The summed E-state index contributed by atoms with van der Waals surface area (Å²) in [6, 6.07) is 11.8. The lowest BCUT2D eigenvalue weighted by molar-refractivity contribution is -0.384. The molecule has 7 heteroatoms. The molecular weight excluding hydrogens is 338 g/mol. The first-order valence-corrected chi connectivity index (χ1v) is 8.58. The standard InChI is InChI=1S/C18H17N3O3S/c1-12-9-17(13(2)20(12)11-16-7-4-8-25-16)18(22)19-14-5-3-6-15(10-14)21(23)24/h3-10H,11H2,1-2H3,(H,19,22). The molecule has 128 valence electrons. The fourth-order valence-electron chi connectivity index (χ4n) is 2.73. The van der Waals surface area contributed by atoms with E-state index >= 15 is 0 Å². The Balaban J connectivity index is 1.83. The van der Waals surface area contributed by atoms with Crippen LogP contribution >= 0.6 is 11.3 Å². The number of carbonyl (C=O) groups excluding carboxylic acids is 1. The third-order valence-electron chi connectivity index (χ3n) is 4.03. The maximum Gasteiger partial charge on any atom is 0.271 e. The van der Waals surface area contributed by atoms with Crippen LogP contribution in [-0.4, -0.2) is 15.4 Å². The zero-order valence-electron chi connectivity index (χ0n) is 13.9. The first-order valence-electron chi connectivity index (χ1n) is 7.70. The molecule has 2 aromatic heterocycles. The molecule has 0 saturated carbocycles. The second-order valence-electron chi connectivity index (χ2n) is 5.71. The highest BCUT2D eigenvalue weighted by Crippen LogP contribution is 2.22. The number of thiophene rings is 1. The minimum absolute atomic E-state index is 0.0547. The van der Waals surface area contributed by atoms with E-state index in [4.69, 9.17) is 0 Å². The van der Waals surface area contributed by atoms with Gasteiger partial charge in [0.25, 0.3) is 11.6 Å². The summed E-state index contributed by atoms with van der Waals surface area (Å²) in [5, 5.41) is 15.6. The molecule has 0 bridgehead atoms. The van der Waals surface area contributed by atoms with Gasteiger partial charge in [-0.25, -0.2) is 0 Å². The molecule has 0 spiro atoms. The summed E-state index contributed by atoms with van der Waals surface area (Å²) in [5.41, 5.74) is 2.78. The molecule has 3 rings (SSSR count). The van der Waals surface area contributed by atoms with E-state index in [-0.39, 0.29) is 11.6 Å². The number of benzene rings is 1. The number of aryl methyl sites for hydroxylation is 1. The number of rotatable bonds is 5. The van der Waals surface area contributed by atoms with E-state index in [0.29, 0.717) is 11.3 Å². The van der Waals surface area contributed by atoms with Crippen molar-refractivity contribution in [3.8, 4) is 0 Å². The molecule has 1 aromatic carbocycles. The fraction of sp³-hybridized carbons (Fsp3) is 0.167. The summed E-state index contributed by atoms with van der Waals surface area (Å²) in [4.78, 5) is 24.2. The van der Waals surface area contributed by atoms with E-state index in [9.17, 15) is 14.9 Å². The summed E-state index contributed by atoms with van der Waals surface area (Å²) < 4.78 is 2.09. The van der Waals surface area contributed by atoms with E-state index in [0.717, 1.165) is 17.9 Å². The number of aromatic nitrogens is 1. The van der Waals surface area contributed by atoms with Gasteiger partial charge in [0.1, 0.15) is 0 Å². The van der Waals surface area contributed by atoms with Gasteiger partial charge < -0.3 is 9.88 Å². The molecular formula is C18H17N3O3S. The molecule has 0 radical (unpaired) electrons. The largest absolute Gasteiger partial charge is 0.343 e. The van der Waals surface area contributed by atoms with E-state index in [1.807, 2.05) is 31.4 Å². The maximum absolute atomic E-state index is 12.6. The summed E-state index contributed by atoms with van der Waals surface area (Å²) in [7, 11) is 0. The quantitative estimate of drug-likeness (QED) is 0.545. The van der Waals surface area contributed by atoms with Crippen molar-refractivity contribution >= 4 is 28.6 Å². The second-order valence-corrected chi connectivity index (χ2v) is 6.74. The van der Waals surface area contributed by atoms with Gasteiger partial charge in [-0.05, 0) is 37.4 Å². The highest BCUT2D eigenvalue weighted by atomic mass is 32.1. The maximum atomic E-state index is 12.6. The van der Waals surface area contributed by atoms with Crippen LogP contribution in [0.1, 0.15) is 26.6 Å². The van der Waals surface area contributed by atoms with Crippen molar-refractivity contribution < 1.29 is 9.72 Å². The van der Waals surface area contributed by atoms with Crippen LogP contribution in [0.2, 0.25) is 0 Å². The Morgan fingerprint density at radius 2 is 2.04 bits per heavy atom. The Kier molecular flexibility index (Phi) is 4.67. The predicted octanol–water partition coefficient (Wildman–Crippen LogP) is 4.38. The number of hydrogen-bond acceptors (Lipinski definition) is 4. The van der Waals surface area contributed by atoms with Gasteiger partial charge in [-0.15, -0.1) is 11.3 Å². The molecule has 3 aromatic rings. The topological polar surface area (TPSA) is 77.2 Å². The van der Waals surface area contributed by atoms with Crippen LogP contribution < -0.4 is 5.32 Å². The predicted molar refractivity (Wildman–Crippen MR) is 98.4 cm³/mol. The van der Waals surface area contributed by atoms with Crippen LogP contribution in [0.5, 0.6) is 0 Å². The second kappa shape index (κ2) is 6.90. The van der Waals surface area contributed by atoms with Crippen molar-refractivity contribution in [1.29, 1.82) is 0 Å². The third kappa shape index (κ3) is 3.61. The number of carbonyl (C=O) groups is 1. The molecule has 0 saturated heterocycles. The molecule has 6 nitrogen and oxygen atoms in total. The SMILES string of the molecule is Cc1cc(C(=O)Nc2cccc([N+](=O)[O-])c2)c(C)n1Cc1cccs1. The first-order chi connectivity index (χ1) is 12.0. The highest BCUT2D eigenvalue weighted by Gasteiger charge is 2.17. The summed E-state index contributed by atoms with van der Waals surface area (Å²) in [5.74, 6) is -0.272. The van der Waals surface area contributed by atoms with Gasteiger partial charge in [0.05, 0.1) is 17.0 Å². The van der Waals surface area contributed by atoms with Crippen molar-refractivity contribution in [3.05, 3.63) is 79.8 Å². The molecule has 2 heterocycles. The van der Waals surface area contributed by atoms with Crippen LogP contribution in [0, 0.1) is 24.0 Å². The van der Waals surface area contributed by atoms with Crippen LogP contribution in [-0.2, 0) is 6.54 Å². The number of nitro benzene ring substituents is 1. The Morgan fingerprint density at radius 3 is 2.72 bits per heavy atom. The molecule has 0 aliphatic rings. The molecule has 1 N–H and O–H groups in total. The zero-order valence-corrected chi connectivity index (χ0v) is 14.7. The fourth-order valence-corrected chi connectivity index (χ4v) is 3.42. The number of amides is 1. The lowest BCUT2D eigenvalue weighted by Crippen LogP contribution is -2.13. The molecule has 25 heavy (non-hydrogen) atoms. The van der Waals surface area contributed by atoms with Crippen molar-refractivity contribution in [3.63, 3.8) is 0 Å². The number of nitro groups is 1. The van der Waals surface area contributed by atoms with E-state index in [1.165, 1.54) is 17.0 Å². The Bertz CT molecular complexity index is 929. The summed E-state index contributed by atoms with van der Waals surface area (Å²) >= 11 is 1.67. The average molecular weight is 355 g/mol. The molecule has 0 aliphatic carbocycles. The Morgan fingerprint density at radius 1 is 1.24 bits per heavy atom. The smallest absolute Gasteiger partial charge is 0.271 e. The van der Waals surface area contributed by atoms with Gasteiger partial charge in [0.15, 0.2) is 0 Å². The van der Waals surface area contributed by atoms with E-state index in [1.54, 1.807) is 23.5 Å². The number of nitrogens with zero attached hydrogens (tertiary/aromatic N) is 2. The minimum atomic E-state index is -0.484. The number of hydrogen-bond donors (Lipinski definition) is 1. The van der Waals surface area contributed by atoms with Gasteiger partial charge in [0.2, 0.25) is 0 Å². The number of nitrogens with one attached hydrogen (secondary N) is 1. The van der Waals surface area contributed by atoms with Crippen LogP contribution in [0.25, 0.3) is 0 Å². The van der Waals surface area contributed by atoms with Crippen LogP contribution in [0.3, 0.4) is 0 Å². The monoisotopic (exact) mass is 355 g/mol. The Hall–Kier alpha value is -2.93. The van der Waals surface area contributed by atoms with Crippen LogP contribution in [0.4, 0.5) is 11.4 Å². The number of non-ortho nitro benzene ring substituents is 1. The minimum Gasteiger partial charge on any atom is -0.343 e. The van der Waals surface area contributed by atoms with Crippen molar-refractivity contribution in [2.75, 3.05) is 5.32 Å². The van der Waals surface area contributed by atoms with Gasteiger partial charge in [-0.2, -0.15) is 0 Å². The van der Waals surface area contributed by atoms with Crippen LogP contribution in [0.15, 0.2) is 47.8 Å².